The first-order chi connectivity index (χ1) is 12.2. The Hall–Kier alpha value is -2.13. The summed E-state index contributed by atoms with van der Waals surface area (Å²) < 4.78 is 0. The molecule has 2 N–H and O–H groups in total. The van der Waals surface area contributed by atoms with Gasteiger partial charge in [0.2, 0.25) is 0 Å². The van der Waals surface area contributed by atoms with Crippen LogP contribution in [0.1, 0.15) is 47.2 Å². The average molecular weight is 335 g/mol. The number of benzene rings is 2. The zero-order chi connectivity index (χ0) is 17.2. The van der Waals surface area contributed by atoms with Crippen LogP contribution in [0.4, 0.5) is 0 Å². The Morgan fingerprint density at radius 1 is 1.04 bits per heavy atom. The zero-order valence-electron chi connectivity index (χ0n) is 14.9. The highest BCUT2D eigenvalue weighted by Crippen LogP contribution is 2.24. The molecule has 0 saturated carbocycles. The second kappa shape index (κ2) is 7.01. The number of carbonyl (C=O) groups excluding carboxylic acids is 1. The number of nitrogens with one attached hydrogen (secondary N) is 2. The molecule has 2 aliphatic rings. The van der Waals surface area contributed by atoms with Gasteiger partial charge in [-0.05, 0) is 19.1 Å². The van der Waals surface area contributed by atoms with Crippen molar-refractivity contribution in [2.75, 3.05) is 0 Å². The standard InChI is InChI=1S/C22H26N2O/c1-16-6-5-9-18(12-16)22(25)23-19-13-20-10-11-21(14-19)24(20)15-17-7-3-2-4-8-17/h2-9,12,19-21H,10-11,13-15H2,1H3,(H,23,25)/p+1/t19?,20-,21+. The van der Waals surface area contributed by atoms with Crippen molar-refractivity contribution >= 4 is 5.91 Å². The number of hydrogen-bond acceptors (Lipinski definition) is 1. The van der Waals surface area contributed by atoms with E-state index in [1.54, 1.807) is 4.90 Å². The van der Waals surface area contributed by atoms with Gasteiger partial charge in [0.05, 0.1) is 12.1 Å². The Morgan fingerprint density at radius 3 is 2.44 bits per heavy atom. The Bertz CT molecular complexity index is 729. The van der Waals surface area contributed by atoms with E-state index in [-0.39, 0.29) is 5.91 Å². The summed E-state index contributed by atoms with van der Waals surface area (Å²) in [5.41, 5.74) is 3.35. The third kappa shape index (κ3) is 3.62. The summed E-state index contributed by atoms with van der Waals surface area (Å²) in [4.78, 5) is 14.3. The summed E-state index contributed by atoms with van der Waals surface area (Å²) in [6, 6.07) is 20.4. The monoisotopic (exact) mass is 335 g/mol. The first-order valence-electron chi connectivity index (χ1n) is 9.46. The SMILES string of the molecule is Cc1cccc(C(=O)NC2C[C@H]3CC[C@@H](C2)[NH+]3Cc2ccccc2)c1. The number of piperidine rings is 1. The van der Waals surface area contributed by atoms with Gasteiger partial charge >= 0.3 is 0 Å². The topological polar surface area (TPSA) is 33.5 Å². The van der Waals surface area contributed by atoms with Gasteiger partial charge in [-0.15, -0.1) is 0 Å². The molecule has 2 saturated heterocycles. The van der Waals surface area contributed by atoms with E-state index in [2.05, 4.69) is 35.6 Å². The lowest BCUT2D eigenvalue weighted by molar-refractivity contribution is -0.954. The van der Waals surface area contributed by atoms with E-state index >= 15 is 0 Å². The van der Waals surface area contributed by atoms with Crippen molar-refractivity contribution in [1.82, 2.24) is 5.32 Å². The predicted octanol–water partition coefficient (Wildman–Crippen LogP) is 2.50. The van der Waals surface area contributed by atoms with Crippen molar-refractivity contribution in [3.63, 3.8) is 0 Å². The summed E-state index contributed by atoms with van der Waals surface area (Å²) in [6.45, 7) is 3.15. The Balaban J connectivity index is 1.39. The highest BCUT2D eigenvalue weighted by atomic mass is 16.1. The molecule has 4 atom stereocenters. The van der Waals surface area contributed by atoms with Gasteiger partial charge < -0.3 is 10.2 Å². The molecule has 2 aliphatic heterocycles. The molecule has 25 heavy (non-hydrogen) atoms. The fraction of sp³-hybridized carbons (Fsp3) is 0.409. The van der Waals surface area contributed by atoms with Gasteiger partial charge in [-0.2, -0.15) is 0 Å². The van der Waals surface area contributed by atoms with Crippen LogP contribution in [0.15, 0.2) is 54.6 Å². The fourth-order valence-electron chi connectivity index (χ4n) is 4.72. The van der Waals surface area contributed by atoms with Crippen molar-refractivity contribution in [1.29, 1.82) is 0 Å². The van der Waals surface area contributed by atoms with E-state index < -0.39 is 0 Å². The molecular formula is C22H27N2O+. The number of quaternary nitrogens is 1. The maximum atomic E-state index is 12.6. The molecule has 0 aromatic heterocycles. The van der Waals surface area contributed by atoms with Crippen LogP contribution in [0, 0.1) is 6.92 Å². The highest BCUT2D eigenvalue weighted by Gasteiger charge is 2.44. The number of rotatable bonds is 4. The first kappa shape index (κ1) is 16.3. The van der Waals surface area contributed by atoms with Crippen LogP contribution in [-0.2, 0) is 6.54 Å². The lowest BCUT2D eigenvalue weighted by Gasteiger charge is -2.36. The third-order valence-electron chi connectivity index (χ3n) is 5.92. The van der Waals surface area contributed by atoms with Crippen LogP contribution in [-0.4, -0.2) is 24.0 Å². The summed E-state index contributed by atoms with van der Waals surface area (Å²) in [5.74, 6) is 0.0830. The average Bonchev–Trinajstić information content (AvgIpc) is 2.85. The molecule has 3 nitrogen and oxygen atoms in total. The minimum atomic E-state index is 0.0830. The minimum absolute atomic E-state index is 0.0830. The first-order valence-corrected chi connectivity index (χ1v) is 9.46. The van der Waals surface area contributed by atoms with E-state index in [1.807, 2.05) is 31.2 Å². The molecule has 0 spiro atoms. The number of amides is 1. The van der Waals surface area contributed by atoms with Gasteiger partial charge in [0, 0.05) is 42.9 Å². The quantitative estimate of drug-likeness (QED) is 0.884. The molecule has 4 rings (SSSR count). The zero-order valence-corrected chi connectivity index (χ0v) is 14.9. The smallest absolute Gasteiger partial charge is 0.251 e. The summed E-state index contributed by atoms with van der Waals surface area (Å²) >= 11 is 0. The van der Waals surface area contributed by atoms with Crippen LogP contribution in [0.2, 0.25) is 0 Å². The van der Waals surface area contributed by atoms with Crippen LogP contribution in [0.5, 0.6) is 0 Å². The number of fused-ring (bicyclic) bond motifs is 2. The number of aryl methyl sites for hydroxylation is 1. The van der Waals surface area contributed by atoms with Crippen molar-refractivity contribution < 1.29 is 9.69 Å². The van der Waals surface area contributed by atoms with Crippen molar-refractivity contribution in [3.05, 3.63) is 71.3 Å². The summed E-state index contributed by atoms with van der Waals surface area (Å²) in [7, 11) is 0. The van der Waals surface area contributed by atoms with Crippen molar-refractivity contribution in [2.45, 2.75) is 57.3 Å². The fourth-order valence-corrected chi connectivity index (χ4v) is 4.72. The van der Waals surface area contributed by atoms with Gasteiger partial charge in [-0.3, -0.25) is 4.79 Å². The summed E-state index contributed by atoms with van der Waals surface area (Å²) in [6.07, 6.45) is 4.81. The largest absolute Gasteiger partial charge is 0.349 e. The lowest BCUT2D eigenvalue weighted by atomic mass is 9.96. The van der Waals surface area contributed by atoms with Crippen LogP contribution < -0.4 is 10.2 Å². The molecule has 0 radical (unpaired) electrons. The molecule has 130 valence electrons. The Labute approximate surface area is 150 Å². The normalized spacial score (nSPS) is 27.9. The molecule has 2 aromatic carbocycles. The van der Waals surface area contributed by atoms with Crippen molar-refractivity contribution in [2.24, 2.45) is 0 Å². The van der Waals surface area contributed by atoms with Gasteiger partial charge in [-0.1, -0.05) is 48.0 Å². The molecule has 2 fully saturated rings. The van der Waals surface area contributed by atoms with E-state index in [9.17, 15) is 4.79 Å². The second-order valence-corrected chi connectivity index (χ2v) is 7.72. The van der Waals surface area contributed by atoms with E-state index in [0.717, 1.165) is 30.5 Å². The van der Waals surface area contributed by atoms with Crippen LogP contribution >= 0.6 is 0 Å². The van der Waals surface area contributed by atoms with Gasteiger partial charge in [0.25, 0.3) is 5.91 Å². The van der Waals surface area contributed by atoms with Gasteiger partial charge in [0.1, 0.15) is 6.54 Å². The summed E-state index contributed by atoms with van der Waals surface area (Å²) in [5, 5.41) is 3.30. The molecule has 1 amide bonds. The molecule has 2 unspecified atom stereocenters. The molecule has 2 bridgehead atoms. The minimum Gasteiger partial charge on any atom is -0.349 e. The maximum absolute atomic E-state index is 12.6. The highest BCUT2D eigenvalue weighted by molar-refractivity contribution is 5.94. The maximum Gasteiger partial charge on any atom is 0.251 e. The lowest BCUT2D eigenvalue weighted by Crippen LogP contribution is -3.17. The second-order valence-electron chi connectivity index (χ2n) is 7.72. The van der Waals surface area contributed by atoms with E-state index in [1.165, 1.54) is 18.4 Å². The predicted molar refractivity (Wildman–Crippen MR) is 99.6 cm³/mol. The van der Waals surface area contributed by atoms with E-state index in [4.69, 9.17) is 0 Å². The van der Waals surface area contributed by atoms with Crippen LogP contribution in [0.3, 0.4) is 0 Å². The Kier molecular flexibility index (Phi) is 4.58. The number of hydrogen-bond donors (Lipinski definition) is 2. The molecule has 0 aliphatic carbocycles. The number of carbonyl (C=O) groups is 1. The molecule has 2 aromatic rings. The molecular weight excluding hydrogens is 308 g/mol. The van der Waals surface area contributed by atoms with Crippen LogP contribution in [0.25, 0.3) is 0 Å². The van der Waals surface area contributed by atoms with E-state index in [0.29, 0.717) is 18.1 Å². The third-order valence-corrected chi connectivity index (χ3v) is 5.92. The van der Waals surface area contributed by atoms with Gasteiger partial charge in [-0.25, -0.2) is 0 Å². The molecule has 2 heterocycles. The van der Waals surface area contributed by atoms with Crippen molar-refractivity contribution in [3.8, 4) is 0 Å². The Morgan fingerprint density at radius 2 is 1.76 bits per heavy atom. The molecule has 3 heteroatoms. The van der Waals surface area contributed by atoms with Gasteiger partial charge in [0.15, 0.2) is 0 Å².